The molecule has 0 aromatic heterocycles. The Morgan fingerprint density at radius 3 is 2.31 bits per heavy atom. The number of carbonyl (C=O) groups is 2. The van der Waals surface area contributed by atoms with Crippen LogP contribution in [-0.2, 0) is 25.7 Å². The van der Waals surface area contributed by atoms with Crippen molar-refractivity contribution in [3.05, 3.63) is 59.7 Å². The Balaban J connectivity index is 1.39. The van der Waals surface area contributed by atoms with Gasteiger partial charge < -0.3 is 25.7 Å². The van der Waals surface area contributed by atoms with Crippen LogP contribution in [0.25, 0.3) is 6.08 Å². The summed E-state index contributed by atoms with van der Waals surface area (Å²) in [5.74, 6) is -0.267. The van der Waals surface area contributed by atoms with Crippen molar-refractivity contribution in [3.63, 3.8) is 0 Å². The minimum absolute atomic E-state index is 0.0835. The molecular weight excluding hydrogens is 444 g/mol. The zero-order valence-electron chi connectivity index (χ0n) is 20.4. The molecule has 0 unspecified atom stereocenters. The molecule has 2 aromatic rings. The fourth-order valence-corrected chi connectivity index (χ4v) is 4.11. The van der Waals surface area contributed by atoms with Gasteiger partial charge in [-0.15, -0.1) is 0 Å². The quantitative estimate of drug-likeness (QED) is 0.148. The van der Waals surface area contributed by atoms with Crippen LogP contribution in [0, 0.1) is 5.92 Å². The summed E-state index contributed by atoms with van der Waals surface area (Å²) in [6, 6.07) is 12.1. The monoisotopic (exact) mass is 480 g/mol. The zero-order chi connectivity index (χ0) is 25.0. The number of rotatable bonds is 11. The summed E-state index contributed by atoms with van der Waals surface area (Å²) < 4.78 is 16.7. The number of unbranched alkanes of at least 4 members (excludes halogenated alkanes) is 2. The van der Waals surface area contributed by atoms with Crippen LogP contribution in [0.5, 0.6) is 5.75 Å². The van der Waals surface area contributed by atoms with Gasteiger partial charge in [0.25, 0.3) is 0 Å². The van der Waals surface area contributed by atoms with Gasteiger partial charge in [-0.25, -0.2) is 4.79 Å². The van der Waals surface area contributed by atoms with Crippen LogP contribution in [0.3, 0.4) is 0 Å². The molecule has 1 aliphatic rings. The summed E-state index contributed by atoms with van der Waals surface area (Å²) in [6.45, 7) is 3.07. The molecule has 7 nitrogen and oxygen atoms in total. The molecule has 0 amide bonds. The molecule has 0 heterocycles. The van der Waals surface area contributed by atoms with E-state index in [1.165, 1.54) is 18.9 Å². The van der Waals surface area contributed by atoms with Crippen molar-refractivity contribution in [2.75, 3.05) is 18.1 Å². The second-order valence-electron chi connectivity index (χ2n) is 8.99. The molecule has 0 bridgehead atoms. The fourth-order valence-electron chi connectivity index (χ4n) is 4.11. The first-order chi connectivity index (χ1) is 16.9. The molecule has 188 valence electrons. The van der Waals surface area contributed by atoms with Crippen LogP contribution in [0.1, 0.15) is 63.0 Å². The second kappa shape index (κ2) is 13.5. The first kappa shape index (κ1) is 26.3. The third-order valence-corrected chi connectivity index (χ3v) is 6.04. The number of hydrogen-bond acceptors (Lipinski definition) is 7. The molecule has 0 radical (unpaired) electrons. The van der Waals surface area contributed by atoms with E-state index in [9.17, 15) is 9.59 Å². The van der Waals surface area contributed by atoms with E-state index < -0.39 is 5.97 Å². The minimum atomic E-state index is -0.480. The number of benzene rings is 2. The van der Waals surface area contributed by atoms with E-state index in [2.05, 4.69) is 6.92 Å². The van der Waals surface area contributed by atoms with Crippen LogP contribution in [0.4, 0.5) is 11.4 Å². The molecule has 1 fully saturated rings. The lowest BCUT2D eigenvalue weighted by molar-refractivity contribution is -0.141. The SMILES string of the molecule is CCCCCOC1CCC(C(=O)Oc2ccc(/C=C/C(=O)OCc3cc(N)cc(N)c3)cc2)CC1. The van der Waals surface area contributed by atoms with Crippen LogP contribution in [0.15, 0.2) is 48.5 Å². The van der Waals surface area contributed by atoms with Crippen LogP contribution in [-0.4, -0.2) is 24.6 Å². The smallest absolute Gasteiger partial charge is 0.331 e. The lowest BCUT2D eigenvalue weighted by Crippen LogP contribution is -2.29. The van der Waals surface area contributed by atoms with E-state index in [-0.39, 0.29) is 24.6 Å². The largest absolute Gasteiger partial charge is 0.458 e. The highest BCUT2D eigenvalue weighted by Crippen LogP contribution is 2.28. The molecule has 1 saturated carbocycles. The van der Waals surface area contributed by atoms with E-state index >= 15 is 0 Å². The van der Waals surface area contributed by atoms with Gasteiger partial charge in [-0.1, -0.05) is 31.9 Å². The van der Waals surface area contributed by atoms with Gasteiger partial charge in [0, 0.05) is 24.1 Å². The standard InChI is InChI=1S/C28H36N2O5/c1-2-3-4-15-33-25-12-8-22(9-13-25)28(32)35-26-10-5-20(6-11-26)7-14-27(31)34-19-21-16-23(29)18-24(30)17-21/h5-7,10-11,14,16-18,22,25H,2-4,8-9,12-13,15,19,29-30H2,1H3/b14-7+. The number of ether oxygens (including phenoxy) is 3. The molecule has 0 saturated heterocycles. The van der Waals surface area contributed by atoms with Crippen molar-refractivity contribution < 1.29 is 23.8 Å². The van der Waals surface area contributed by atoms with Gasteiger partial charge in [0.15, 0.2) is 0 Å². The average molecular weight is 481 g/mol. The van der Waals surface area contributed by atoms with Crippen LogP contribution in [0.2, 0.25) is 0 Å². The van der Waals surface area contributed by atoms with Crippen molar-refractivity contribution in [1.29, 1.82) is 0 Å². The van der Waals surface area contributed by atoms with Gasteiger partial charge in [0.05, 0.1) is 12.0 Å². The van der Waals surface area contributed by atoms with Crippen LogP contribution < -0.4 is 16.2 Å². The molecule has 2 aromatic carbocycles. The molecular formula is C28H36N2O5. The highest BCUT2D eigenvalue weighted by atomic mass is 16.5. The van der Waals surface area contributed by atoms with Crippen molar-refractivity contribution in [2.24, 2.45) is 5.92 Å². The van der Waals surface area contributed by atoms with Crippen molar-refractivity contribution in [1.82, 2.24) is 0 Å². The molecule has 0 spiro atoms. The maximum Gasteiger partial charge on any atom is 0.331 e. The third-order valence-electron chi connectivity index (χ3n) is 6.04. The highest BCUT2D eigenvalue weighted by Gasteiger charge is 2.28. The highest BCUT2D eigenvalue weighted by molar-refractivity contribution is 5.87. The van der Waals surface area contributed by atoms with E-state index in [0.717, 1.165) is 49.8 Å². The summed E-state index contributed by atoms with van der Waals surface area (Å²) in [7, 11) is 0. The lowest BCUT2D eigenvalue weighted by atomic mass is 9.87. The van der Waals surface area contributed by atoms with Crippen LogP contribution >= 0.6 is 0 Å². The Morgan fingerprint density at radius 2 is 1.66 bits per heavy atom. The van der Waals surface area contributed by atoms with Gasteiger partial charge >= 0.3 is 11.9 Å². The molecule has 7 heteroatoms. The summed E-state index contributed by atoms with van der Waals surface area (Å²) in [6.07, 6.45) is 10.1. The fraction of sp³-hybridized carbons (Fsp3) is 0.429. The van der Waals surface area contributed by atoms with Crippen molar-refractivity contribution >= 4 is 29.4 Å². The summed E-state index contributed by atoms with van der Waals surface area (Å²) >= 11 is 0. The lowest BCUT2D eigenvalue weighted by Gasteiger charge is -2.27. The Morgan fingerprint density at radius 1 is 0.971 bits per heavy atom. The Hall–Kier alpha value is -3.32. The van der Waals surface area contributed by atoms with Gasteiger partial charge in [0.2, 0.25) is 0 Å². The topological polar surface area (TPSA) is 114 Å². The molecule has 35 heavy (non-hydrogen) atoms. The Labute approximate surface area is 207 Å². The van der Waals surface area contributed by atoms with Gasteiger partial charge in [-0.3, -0.25) is 4.79 Å². The number of nitrogen functional groups attached to an aromatic ring is 2. The van der Waals surface area contributed by atoms with Crippen molar-refractivity contribution in [3.8, 4) is 5.75 Å². The number of hydrogen-bond donors (Lipinski definition) is 2. The number of carbonyl (C=O) groups excluding carboxylic acids is 2. The maximum absolute atomic E-state index is 12.6. The third kappa shape index (κ3) is 9.09. The molecule has 0 atom stereocenters. The molecule has 3 rings (SSSR count). The minimum Gasteiger partial charge on any atom is -0.458 e. The van der Waals surface area contributed by atoms with E-state index in [0.29, 0.717) is 17.1 Å². The van der Waals surface area contributed by atoms with Crippen molar-refractivity contribution in [2.45, 2.75) is 64.6 Å². The zero-order valence-corrected chi connectivity index (χ0v) is 20.4. The van der Waals surface area contributed by atoms with E-state index in [4.69, 9.17) is 25.7 Å². The van der Waals surface area contributed by atoms with E-state index in [1.54, 1.807) is 48.5 Å². The average Bonchev–Trinajstić information content (AvgIpc) is 2.85. The van der Waals surface area contributed by atoms with Gasteiger partial charge in [0.1, 0.15) is 12.4 Å². The van der Waals surface area contributed by atoms with Gasteiger partial charge in [-0.05, 0) is 79.6 Å². The van der Waals surface area contributed by atoms with Gasteiger partial charge in [-0.2, -0.15) is 0 Å². The number of anilines is 2. The predicted molar refractivity (Wildman–Crippen MR) is 137 cm³/mol. The molecule has 0 aliphatic heterocycles. The summed E-state index contributed by atoms with van der Waals surface area (Å²) in [4.78, 5) is 24.6. The predicted octanol–water partition coefficient (Wildman–Crippen LogP) is 5.28. The Bertz CT molecular complexity index is 975. The number of esters is 2. The molecule has 4 N–H and O–H groups in total. The molecule has 1 aliphatic carbocycles. The van der Waals surface area contributed by atoms with E-state index in [1.807, 2.05) is 0 Å². The normalized spacial score (nSPS) is 17.9. The Kier molecular flexibility index (Phi) is 10.2. The second-order valence-corrected chi connectivity index (χ2v) is 8.99. The first-order valence-corrected chi connectivity index (χ1v) is 12.4. The number of nitrogens with two attached hydrogens (primary N) is 2. The summed E-state index contributed by atoms with van der Waals surface area (Å²) in [5.41, 5.74) is 14.0. The maximum atomic E-state index is 12.6. The first-order valence-electron chi connectivity index (χ1n) is 12.4. The summed E-state index contributed by atoms with van der Waals surface area (Å²) in [5, 5.41) is 0.